The average Bonchev–Trinajstić information content (AvgIpc) is 2.98. The zero-order chi connectivity index (χ0) is 11.9. The first-order valence-corrected chi connectivity index (χ1v) is 7.04. The molecule has 0 unspecified atom stereocenters. The summed E-state index contributed by atoms with van der Waals surface area (Å²) in [6.07, 6.45) is 4.65. The Bertz CT molecular complexity index is 540. The van der Waals surface area contributed by atoms with E-state index in [1.54, 1.807) is 11.3 Å². The minimum Gasteiger partial charge on any atom is -0.507 e. The number of hydrogen-bond acceptors (Lipinski definition) is 3. The molecule has 90 valence electrons. The van der Waals surface area contributed by atoms with Gasteiger partial charge >= 0.3 is 0 Å². The van der Waals surface area contributed by atoms with Crippen LogP contribution in [0.15, 0.2) is 23.6 Å². The minimum atomic E-state index is 0.0141. The van der Waals surface area contributed by atoms with Crippen molar-refractivity contribution < 1.29 is 5.11 Å². The van der Waals surface area contributed by atoms with Gasteiger partial charge in [0.1, 0.15) is 5.75 Å². The third-order valence-corrected chi connectivity index (χ3v) is 5.01. The highest BCUT2D eigenvalue weighted by Crippen LogP contribution is 2.46. The van der Waals surface area contributed by atoms with E-state index in [1.807, 2.05) is 11.4 Å². The van der Waals surface area contributed by atoms with Gasteiger partial charge in [0, 0.05) is 27.6 Å². The Kier molecular flexibility index (Phi) is 2.60. The number of phenols is 1. The van der Waals surface area contributed by atoms with E-state index in [9.17, 15) is 5.11 Å². The molecule has 1 aromatic heterocycles. The fraction of sp³-hybridized carbons (Fsp3) is 0.429. The Hall–Kier alpha value is -1.06. The quantitative estimate of drug-likeness (QED) is 0.854. The zero-order valence-electron chi connectivity index (χ0n) is 9.78. The van der Waals surface area contributed by atoms with Crippen molar-refractivity contribution in [3.05, 3.63) is 29.1 Å². The van der Waals surface area contributed by atoms with Crippen molar-refractivity contribution in [1.29, 1.82) is 0 Å². The summed E-state index contributed by atoms with van der Waals surface area (Å²) in [6.45, 7) is 0.635. The molecule has 0 atom stereocenters. The smallest absolute Gasteiger partial charge is 0.128 e. The van der Waals surface area contributed by atoms with Crippen LogP contribution >= 0.6 is 11.3 Å². The van der Waals surface area contributed by atoms with Gasteiger partial charge in [-0.15, -0.1) is 11.3 Å². The van der Waals surface area contributed by atoms with Crippen LogP contribution in [-0.4, -0.2) is 11.7 Å². The maximum atomic E-state index is 10.4. The molecule has 0 spiro atoms. The topological polar surface area (TPSA) is 46.2 Å². The van der Waals surface area contributed by atoms with Crippen molar-refractivity contribution in [3.63, 3.8) is 0 Å². The van der Waals surface area contributed by atoms with E-state index in [2.05, 4.69) is 12.1 Å². The SMILES string of the molecule is NCC1(c2ccc3sccc3c2O)CCCC1. The number of aromatic hydroxyl groups is 1. The Morgan fingerprint density at radius 3 is 2.71 bits per heavy atom. The van der Waals surface area contributed by atoms with E-state index in [4.69, 9.17) is 5.73 Å². The van der Waals surface area contributed by atoms with Crippen LogP contribution in [0.25, 0.3) is 10.1 Å². The van der Waals surface area contributed by atoms with E-state index in [1.165, 1.54) is 12.8 Å². The van der Waals surface area contributed by atoms with E-state index < -0.39 is 0 Å². The summed E-state index contributed by atoms with van der Waals surface area (Å²) in [5.41, 5.74) is 7.05. The van der Waals surface area contributed by atoms with Gasteiger partial charge < -0.3 is 10.8 Å². The fourth-order valence-electron chi connectivity index (χ4n) is 3.09. The molecule has 1 aliphatic carbocycles. The molecule has 3 heteroatoms. The molecular weight excluding hydrogens is 230 g/mol. The third kappa shape index (κ3) is 1.57. The number of hydrogen-bond donors (Lipinski definition) is 2. The van der Waals surface area contributed by atoms with Gasteiger partial charge in [0.25, 0.3) is 0 Å². The molecule has 2 nitrogen and oxygen atoms in total. The zero-order valence-corrected chi connectivity index (χ0v) is 10.6. The fourth-order valence-corrected chi connectivity index (χ4v) is 3.88. The van der Waals surface area contributed by atoms with Crippen molar-refractivity contribution in [3.8, 4) is 5.75 Å². The van der Waals surface area contributed by atoms with Gasteiger partial charge in [-0.25, -0.2) is 0 Å². The Morgan fingerprint density at radius 1 is 1.24 bits per heavy atom. The van der Waals surface area contributed by atoms with Crippen molar-refractivity contribution in [2.45, 2.75) is 31.1 Å². The molecule has 2 aromatic rings. The first-order chi connectivity index (χ1) is 8.27. The molecule has 17 heavy (non-hydrogen) atoms. The number of fused-ring (bicyclic) bond motifs is 1. The van der Waals surface area contributed by atoms with E-state index in [0.717, 1.165) is 28.5 Å². The Labute approximate surface area is 105 Å². The molecule has 1 heterocycles. The standard InChI is InChI=1S/C14H17NOS/c15-9-14(6-1-2-7-14)11-3-4-12-10(13(11)16)5-8-17-12/h3-5,8,16H,1-2,6-7,9,15H2. The highest BCUT2D eigenvalue weighted by atomic mass is 32.1. The van der Waals surface area contributed by atoms with Gasteiger partial charge in [0.2, 0.25) is 0 Å². The normalized spacial score (nSPS) is 18.9. The monoisotopic (exact) mass is 247 g/mol. The molecule has 0 amide bonds. The number of thiophene rings is 1. The first kappa shape index (κ1) is 11.1. The van der Waals surface area contributed by atoms with Gasteiger partial charge in [-0.1, -0.05) is 18.9 Å². The van der Waals surface area contributed by atoms with E-state index >= 15 is 0 Å². The third-order valence-electron chi connectivity index (χ3n) is 4.13. The van der Waals surface area contributed by atoms with Gasteiger partial charge in [-0.2, -0.15) is 0 Å². The molecule has 3 rings (SSSR count). The van der Waals surface area contributed by atoms with Crippen LogP contribution in [0.1, 0.15) is 31.2 Å². The Morgan fingerprint density at radius 2 is 2.00 bits per heavy atom. The first-order valence-electron chi connectivity index (χ1n) is 6.17. The highest BCUT2D eigenvalue weighted by Gasteiger charge is 2.36. The second-order valence-electron chi connectivity index (χ2n) is 4.99. The predicted octanol–water partition coefficient (Wildman–Crippen LogP) is 3.38. The summed E-state index contributed by atoms with van der Waals surface area (Å²) < 4.78 is 1.15. The van der Waals surface area contributed by atoms with Crippen molar-refractivity contribution >= 4 is 21.4 Å². The lowest BCUT2D eigenvalue weighted by Crippen LogP contribution is -2.32. The largest absolute Gasteiger partial charge is 0.507 e. The van der Waals surface area contributed by atoms with Crippen LogP contribution < -0.4 is 5.73 Å². The van der Waals surface area contributed by atoms with E-state index in [-0.39, 0.29) is 5.41 Å². The molecule has 1 saturated carbocycles. The minimum absolute atomic E-state index is 0.0141. The molecule has 0 aliphatic heterocycles. The molecule has 0 bridgehead atoms. The summed E-state index contributed by atoms with van der Waals surface area (Å²) in [7, 11) is 0. The summed E-state index contributed by atoms with van der Waals surface area (Å²) >= 11 is 1.67. The molecule has 1 aromatic carbocycles. The summed E-state index contributed by atoms with van der Waals surface area (Å²) in [4.78, 5) is 0. The lowest BCUT2D eigenvalue weighted by atomic mass is 9.78. The van der Waals surface area contributed by atoms with Gasteiger partial charge in [-0.05, 0) is 30.4 Å². The van der Waals surface area contributed by atoms with Crippen molar-refractivity contribution in [2.75, 3.05) is 6.54 Å². The molecule has 0 radical (unpaired) electrons. The van der Waals surface area contributed by atoms with Crippen LogP contribution in [0, 0.1) is 0 Å². The van der Waals surface area contributed by atoms with E-state index in [0.29, 0.717) is 12.3 Å². The predicted molar refractivity (Wildman–Crippen MR) is 72.7 cm³/mol. The van der Waals surface area contributed by atoms with Crippen LogP contribution in [0.4, 0.5) is 0 Å². The number of rotatable bonds is 2. The maximum Gasteiger partial charge on any atom is 0.128 e. The second kappa shape index (κ2) is 4.00. The van der Waals surface area contributed by atoms with Crippen LogP contribution in [-0.2, 0) is 5.41 Å². The van der Waals surface area contributed by atoms with Crippen molar-refractivity contribution in [2.24, 2.45) is 5.73 Å². The number of phenolic OH excluding ortho intramolecular Hbond substituents is 1. The molecule has 1 fully saturated rings. The Balaban J connectivity index is 2.19. The highest BCUT2D eigenvalue weighted by molar-refractivity contribution is 7.17. The van der Waals surface area contributed by atoms with Crippen molar-refractivity contribution in [1.82, 2.24) is 0 Å². The molecule has 3 N–H and O–H groups in total. The summed E-state index contributed by atoms with van der Waals surface area (Å²) in [5.74, 6) is 0.455. The number of nitrogens with two attached hydrogens (primary N) is 1. The lowest BCUT2D eigenvalue weighted by molar-refractivity contribution is 0.409. The lowest BCUT2D eigenvalue weighted by Gasteiger charge is -2.28. The van der Waals surface area contributed by atoms with Crippen LogP contribution in [0.3, 0.4) is 0 Å². The molecule has 0 saturated heterocycles. The number of benzene rings is 1. The summed E-state index contributed by atoms with van der Waals surface area (Å²) in [5, 5.41) is 13.5. The van der Waals surface area contributed by atoms with Crippen LogP contribution in [0.2, 0.25) is 0 Å². The van der Waals surface area contributed by atoms with Crippen LogP contribution in [0.5, 0.6) is 5.75 Å². The average molecular weight is 247 g/mol. The maximum absolute atomic E-state index is 10.4. The molecular formula is C14H17NOS. The van der Waals surface area contributed by atoms with Gasteiger partial charge in [0.15, 0.2) is 0 Å². The van der Waals surface area contributed by atoms with Gasteiger partial charge in [0.05, 0.1) is 0 Å². The van der Waals surface area contributed by atoms with Gasteiger partial charge in [-0.3, -0.25) is 0 Å². The summed E-state index contributed by atoms with van der Waals surface area (Å²) in [6, 6.07) is 6.19. The molecule has 1 aliphatic rings. The second-order valence-corrected chi connectivity index (χ2v) is 5.93.